The lowest BCUT2D eigenvalue weighted by atomic mass is 10.0. The molecule has 1 N–H and O–H groups in total. The van der Waals surface area contributed by atoms with Crippen LogP contribution in [0.1, 0.15) is 57.0 Å². The molecule has 0 unspecified atom stereocenters. The Balaban J connectivity index is 1.29. The molecular weight excluding hydrogens is 524 g/mol. The lowest BCUT2D eigenvalue weighted by molar-refractivity contribution is 0.0724. The lowest BCUT2D eigenvalue weighted by Crippen LogP contribution is -2.38. The van der Waals surface area contributed by atoms with Crippen molar-refractivity contribution in [3.63, 3.8) is 0 Å². The summed E-state index contributed by atoms with van der Waals surface area (Å²) >= 11 is 1.48. The maximum absolute atomic E-state index is 13.9. The average molecular weight is 557 g/mol. The zero-order chi connectivity index (χ0) is 27.2. The zero-order valence-corrected chi connectivity index (χ0v) is 23.4. The van der Waals surface area contributed by atoms with E-state index in [9.17, 15) is 9.90 Å². The van der Waals surface area contributed by atoms with Crippen LogP contribution in [-0.2, 0) is 25.9 Å². The standard InChI is InChI=1S/C31H32N4O4S/c1-19-32-27(17-40-19)31(37)35(15-20-5-6-28-29(11-20)39-18-38-28)16-24-13-23-12-21-3-2-4-22(21)14-26(23)33-30(24)34-9-7-25(36)8-10-34/h5-6,11-14,17,25,36H,2-4,7-10,15-16,18H2,1H3. The number of benzene rings is 2. The number of anilines is 1. The van der Waals surface area contributed by atoms with Gasteiger partial charge in [-0.25, -0.2) is 9.97 Å². The number of fused-ring (bicyclic) bond motifs is 3. The molecule has 7 rings (SSSR count). The summed E-state index contributed by atoms with van der Waals surface area (Å²) in [4.78, 5) is 27.7. The number of amides is 1. The summed E-state index contributed by atoms with van der Waals surface area (Å²) in [6.07, 6.45) is 4.53. The van der Waals surface area contributed by atoms with Gasteiger partial charge in [-0.1, -0.05) is 6.07 Å². The first-order valence-electron chi connectivity index (χ1n) is 14.0. The number of hydrogen-bond acceptors (Lipinski definition) is 8. The van der Waals surface area contributed by atoms with Crippen LogP contribution in [0.3, 0.4) is 0 Å². The third-order valence-electron chi connectivity index (χ3n) is 8.15. The molecule has 4 heterocycles. The number of rotatable bonds is 6. The molecule has 1 aliphatic carbocycles. The Morgan fingerprint density at radius 1 is 1.05 bits per heavy atom. The summed E-state index contributed by atoms with van der Waals surface area (Å²) in [5, 5.41) is 14.0. The number of piperidine rings is 1. The van der Waals surface area contributed by atoms with Crippen molar-refractivity contribution >= 4 is 34.0 Å². The maximum Gasteiger partial charge on any atom is 0.273 e. The molecule has 40 heavy (non-hydrogen) atoms. The Bertz CT molecular complexity index is 1590. The summed E-state index contributed by atoms with van der Waals surface area (Å²) in [6.45, 7) is 4.38. The molecule has 3 aliphatic rings. The van der Waals surface area contributed by atoms with Crippen LogP contribution < -0.4 is 14.4 Å². The number of aliphatic hydroxyl groups is 1. The highest BCUT2D eigenvalue weighted by atomic mass is 32.1. The summed E-state index contributed by atoms with van der Waals surface area (Å²) in [5.41, 5.74) is 6.21. The molecule has 1 amide bonds. The van der Waals surface area contributed by atoms with E-state index in [1.165, 1.54) is 28.9 Å². The van der Waals surface area contributed by atoms with Gasteiger partial charge in [-0.3, -0.25) is 4.79 Å². The first-order valence-corrected chi connectivity index (χ1v) is 14.9. The second-order valence-electron chi connectivity index (χ2n) is 11.0. The van der Waals surface area contributed by atoms with E-state index in [-0.39, 0.29) is 18.8 Å². The van der Waals surface area contributed by atoms with Crippen molar-refractivity contribution in [2.45, 2.75) is 58.2 Å². The topological polar surface area (TPSA) is 88.0 Å². The molecule has 0 saturated carbocycles. The van der Waals surface area contributed by atoms with E-state index in [2.05, 4.69) is 28.1 Å². The Hall–Kier alpha value is -3.69. The lowest BCUT2D eigenvalue weighted by Gasteiger charge is -2.33. The number of ether oxygens (including phenoxy) is 2. The Morgan fingerprint density at radius 3 is 2.65 bits per heavy atom. The first kappa shape index (κ1) is 25.3. The van der Waals surface area contributed by atoms with Crippen LogP contribution in [0.4, 0.5) is 5.82 Å². The zero-order valence-electron chi connectivity index (χ0n) is 22.6. The number of nitrogens with zero attached hydrogens (tertiary/aromatic N) is 4. The van der Waals surface area contributed by atoms with Crippen LogP contribution in [-0.4, -0.2) is 51.9 Å². The third-order valence-corrected chi connectivity index (χ3v) is 8.92. The fourth-order valence-electron chi connectivity index (χ4n) is 6.04. The Labute approximate surface area is 237 Å². The fourth-order valence-corrected chi connectivity index (χ4v) is 6.62. The van der Waals surface area contributed by atoms with Gasteiger partial charge in [0.1, 0.15) is 11.5 Å². The fraction of sp³-hybridized carbons (Fsp3) is 0.387. The van der Waals surface area contributed by atoms with Gasteiger partial charge in [0.05, 0.1) is 23.2 Å². The van der Waals surface area contributed by atoms with E-state index in [0.717, 1.165) is 64.5 Å². The van der Waals surface area contributed by atoms with Crippen molar-refractivity contribution in [1.29, 1.82) is 0 Å². The Kier molecular flexibility index (Phi) is 6.56. The minimum absolute atomic E-state index is 0.115. The van der Waals surface area contributed by atoms with Gasteiger partial charge in [0.2, 0.25) is 6.79 Å². The monoisotopic (exact) mass is 556 g/mol. The summed E-state index contributed by atoms with van der Waals surface area (Å²) in [7, 11) is 0. The van der Waals surface area contributed by atoms with Gasteiger partial charge in [0.15, 0.2) is 11.5 Å². The number of aryl methyl sites for hydroxylation is 3. The number of carbonyl (C=O) groups excluding carboxylic acids is 1. The van der Waals surface area contributed by atoms with E-state index < -0.39 is 0 Å². The summed E-state index contributed by atoms with van der Waals surface area (Å²) in [5.74, 6) is 2.20. The molecule has 0 radical (unpaired) electrons. The van der Waals surface area contributed by atoms with E-state index in [4.69, 9.17) is 14.5 Å². The van der Waals surface area contributed by atoms with E-state index in [1.54, 1.807) is 0 Å². The van der Waals surface area contributed by atoms with Gasteiger partial charge in [0, 0.05) is 36.0 Å². The van der Waals surface area contributed by atoms with Gasteiger partial charge >= 0.3 is 0 Å². The number of thiazole rings is 1. The molecule has 2 aromatic carbocycles. The van der Waals surface area contributed by atoms with Crippen molar-refractivity contribution in [2.75, 3.05) is 24.8 Å². The third kappa shape index (κ3) is 4.88. The van der Waals surface area contributed by atoms with Crippen LogP contribution in [0, 0.1) is 6.92 Å². The van der Waals surface area contributed by atoms with Crippen LogP contribution in [0.15, 0.2) is 41.8 Å². The predicted molar refractivity (Wildman–Crippen MR) is 154 cm³/mol. The van der Waals surface area contributed by atoms with E-state index in [0.29, 0.717) is 37.4 Å². The smallest absolute Gasteiger partial charge is 0.273 e. The van der Waals surface area contributed by atoms with Crippen LogP contribution in [0.25, 0.3) is 10.9 Å². The highest BCUT2D eigenvalue weighted by Crippen LogP contribution is 2.35. The van der Waals surface area contributed by atoms with Crippen molar-refractivity contribution in [2.24, 2.45) is 0 Å². The molecule has 0 atom stereocenters. The van der Waals surface area contributed by atoms with Crippen molar-refractivity contribution in [3.05, 3.63) is 74.7 Å². The van der Waals surface area contributed by atoms with Crippen LogP contribution >= 0.6 is 11.3 Å². The predicted octanol–water partition coefficient (Wildman–Crippen LogP) is 5.02. The summed E-state index contributed by atoms with van der Waals surface area (Å²) < 4.78 is 11.1. The van der Waals surface area contributed by atoms with Gasteiger partial charge in [-0.15, -0.1) is 11.3 Å². The van der Waals surface area contributed by atoms with Crippen LogP contribution in [0.2, 0.25) is 0 Å². The number of hydrogen-bond donors (Lipinski definition) is 1. The summed E-state index contributed by atoms with van der Waals surface area (Å²) in [6, 6.07) is 12.6. The van der Waals surface area contributed by atoms with Crippen molar-refractivity contribution in [1.82, 2.24) is 14.9 Å². The molecule has 4 aromatic rings. The average Bonchev–Trinajstić information content (AvgIpc) is 3.72. The SMILES string of the molecule is Cc1nc(C(=O)N(Cc2ccc3c(c2)OCO3)Cc2cc3cc4c(cc3nc2N2CCC(O)CC2)CCC4)cs1. The van der Waals surface area contributed by atoms with Crippen molar-refractivity contribution < 1.29 is 19.4 Å². The number of aromatic nitrogens is 2. The highest BCUT2D eigenvalue weighted by molar-refractivity contribution is 7.09. The molecule has 2 aromatic heterocycles. The maximum atomic E-state index is 13.9. The highest BCUT2D eigenvalue weighted by Gasteiger charge is 2.26. The van der Waals surface area contributed by atoms with Gasteiger partial charge in [0.25, 0.3) is 5.91 Å². The second-order valence-corrected chi connectivity index (χ2v) is 12.0. The molecule has 1 saturated heterocycles. The molecule has 206 valence electrons. The molecule has 8 nitrogen and oxygen atoms in total. The van der Waals surface area contributed by atoms with Gasteiger partial charge in [-0.2, -0.15) is 0 Å². The Morgan fingerprint density at radius 2 is 1.85 bits per heavy atom. The molecule has 1 fully saturated rings. The first-order chi connectivity index (χ1) is 19.5. The molecule has 9 heteroatoms. The largest absolute Gasteiger partial charge is 0.454 e. The molecule has 0 spiro atoms. The van der Waals surface area contributed by atoms with Crippen LogP contribution in [0.5, 0.6) is 11.5 Å². The minimum atomic E-state index is -0.277. The van der Waals surface area contributed by atoms with E-state index in [1.807, 2.05) is 35.4 Å². The second kappa shape index (κ2) is 10.4. The number of aliphatic hydroxyl groups excluding tert-OH is 1. The molecule has 2 aliphatic heterocycles. The normalized spacial score (nSPS) is 16.5. The molecule has 0 bridgehead atoms. The minimum Gasteiger partial charge on any atom is -0.454 e. The van der Waals surface area contributed by atoms with Gasteiger partial charge in [-0.05, 0) is 86.1 Å². The quantitative estimate of drug-likeness (QED) is 0.357. The number of pyridine rings is 1. The molecular formula is C31H32N4O4S. The number of carbonyl (C=O) groups is 1. The van der Waals surface area contributed by atoms with E-state index >= 15 is 0 Å². The van der Waals surface area contributed by atoms with Gasteiger partial charge < -0.3 is 24.4 Å². The van der Waals surface area contributed by atoms with Crippen molar-refractivity contribution in [3.8, 4) is 11.5 Å².